The van der Waals surface area contributed by atoms with Crippen molar-refractivity contribution >= 4 is 11.7 Å². The van der Waals surface area contributed by atoms with Crippen LogP contribution in [0.4, 0.5) is 5.82 Å². The predicted octanol–water partition coefficient (Wildman–Crippen LogP) is 2.86. The number of nitrogens with one attached hydrogen (secondary N) is 2. The number of benzene rings is 1. The first-order valence-corrected chi connectivity index (χ1v) is 11.0. The molecule has 0 aliphatic carbocycles. The van der Waals surface area contributed by atoms with E-state index < -0.39 is 0 Å². The van der Waals surface area contributed by atoms with E-state index >= 15 is 0 Å². The molecule has 4 fully saturated rings. The second kappa shape index (κ2) is 8.32. The van der Waals surface area contributed by atoms with Crippen LogP contribution in [0.3, 0.4) is 0 Å². The molecule has 160 valence electrons. The smallest absolute Gasteiger partial charge is 0.251 e. The van der Waals surface area contributed by atoms with Crippen molar-refractivity contribution in [2.75, 3.05) is 44.3 Å². The van der Waals surface area contributed by atoms with Crippen LogP contribution in [-0.2, 0) is 4.74 Å². The van der Waals surface area contributed by atoms with Gasteiger partial charge in [-0.3, -0.25) is 9.69 Å². The Morgan fingerprint density at radius 2 is 1.80 bits per heavy atom. The van der Waals surface area contributed by atoms with Crippen LogP contribution in [0.2, 0.25) is 0 Å². The minimum absolute atomic E-state index is 0.00151. The average Bonchev–Trinajstić information content (AvgIpc) is 3.26. The van der Waals surface area contributed by atoms with Gasteiger partial charge in [-0.2, -0.15) is 0 Å². The van der Waals surface area contributed by atoms with Crippen LogP contribution in [0.1, 0.15) is 30.1 Å². The molecule has 5 heterocycles. The maximum Gasteiger partial charge on any atom is 0.251 e. The number of hydrogen-bond donors (Lipinski definition) is 2. The van der Waals surface area contributed by atoms with Crippen LogP contribution in [0, 0.1) is 5.92 Å². The summed E-state index contributed by atoms with van der Waals surface area (Å²) in [6, 6.07) is 12.0. The Hall–Kier alpha value is -2.51. The average molecular weight is 411 g/mol. The molecule has 4 aliphatic rings. The molecule has 6 rings (SSSR count). The maximum absolute atomic E-state index is 12.8. The Morgan fingerprint density at radius 3 is 2.50 bits per heavy atom. The van der Waals surface area contributed by atoms with Gasteiger partial charge in [-0.1, -0.05) is 0 Å². The lowest BCUT2D eigenvalue weighted by molar-refractivity contribution is 0.0217. The summed E-state index contributed by atoms with van der Waals surface area (Å²) in [5, 5.41) is 3.28. The summed E-state index contributed by atoms with van der Waals surface area (Å²) in [6.45, 7) is 7.81. The summed E-state index contributed by atoms with van der Waals surface area (Å²) in [7, 11) is 0. The van der Waals surface area contributed by atoms with Crippen molar-refractivity contribution in [2.45, 2.75) is 31.8 Å². The zero-order valence-electron chi connectivity index (χ0n) is 17.5. The summed E-state index contributed by atoms with van der Waals surface area (Å²) in [4.78, 5) is 20.8. The second-order valence-corrected chi connectivity index (χ2v) is 8.55. The highest BCUT2D eigenvalue weighted by molar-refractivity contribution is 5.94. The molecular formula is C23H30N4O3. The van der Waals surface area contributed by atoms with Gasteiger partial charge in [-0.25, -0.2) is 0 Å². The lowest BCUT2D eigenvalue weighted by atomic mass is 9.79. The first kappa shape index (κ1) is 19.5. The maximum atomic E-state index is 12.8. The minimum atomic E-state index is 0.00151. The quantitative estimate of drug-likeness (QED) is 0.793. The van der Waals surface area contributed by atoms with E-state index in [0.717, 1.165) is 45.2 Å². The molecule has 4 saturated heterocycles. The molecule has 0 spiro atoms. The third-order valence-electron chi connectivity index (χ3n) is 6.82. The number of aromatic amines is 1. The van der Waals surface area contributed by atoms with Crippen LogP contribution < -0.4 is 15.0 Å². The number of carbonyl (C=O) groups excluding carboxylic acids is 1. The number of hydrogen-bond acceptors (Lipinski definition) is 5. The predicted molar refractivity (Wildman–Crippen MR) is 115 cm³/mol. The zero-order chi connectivity index (χ0) is 20.5. The van der Waals surface area contributed by atoms with Crippen LogP contribution in [-0.4, -0.2) is 67.3 Å². The summed E-state index contributed by atoms with van der Waals surface area (Å²) < 4.78 is 11.3. The number of nitrogens with zero attached hydrogens (tertiary/aromatic N) is 2. The Balaban J connectivity index is 1.19. The van der Waals surface area contributed by atoms with Gasteiger partial charge < -0.3 is 24.7 Å². The Labute approximate surface area is 177 Å². The number of aromatic nitrogens is 1. The van der Waals surface area contributed by atoms with E-state index in [0.29, 0.717) is 29.2 Å². The van der Waals surface area contributed by atoms with Gasteiger partial charge in [0.15, 0.2) is 5.88 Å². The lowest BCUT2D eigenvalue weighted by Gasteiger charge is -2.49. The van der Waals surface area contributed by atoms with Crippen molar-refractivity contribution in [3.05, 3.63) is 42.0 Å². The fourth-order valence-corrected chi connectivity index (χ4v) is 4.99. The van der Waals surface area contributed by atoms with E-state index in [1.165, 1.54) is 12.8 Å². The molecule has 0 saturated carbocycles. The molecule has 2 atom stereocenters. The Bertz CT molecular complexity index is 865. The molecule has 1 amide bonds. The van der Waals surface area contributed by atoms with Crippen LogP contribution in [0.25, 0.3) is 0 Å². The summed E-state index contributed by atoms with van der Waals surface area (Å²) >= 11 is 0. The van der Waals surface area contributed by atoms with Gasteiger partial charge in [0, 0.05) is 36.8 Å². The molecule has 2 aromatic rings. The summed E-state index contributed by atoms with van der Waals surface area (Å²) in [6.07, 6.45) is 2.37. The highest BCUT2D eigenvalue weighted by Gasteiger charge is 2.40. The number of anilines is 1. The molecular weight excluding hydrogens is 380 g/mol. The fraction of sp³-hybridized carbons (Fsp3) is 0.522. The summed E-state index contributed by atoms with van der Waals surface area (Å²) in [5.74, 6) is 3.04. The molecule has 7 heteroatoms. The molecule has 2 bridgehead atoms. The number of H-pyrrole nitrogens is 1. The van der Waals surface area contributed by atoms with Crippen LogP contribution >= 0.6 is 0 Å². The van der Waals surface area contributed by atoms with E-state index in [2.05, 4.69) is 27.0 Å². The van der Waals surface area contributed by atoms with Crippen molar-refractivity contribution in [2.24, 2.45) is 5.92 Å². The van der Waals surface area contributed by atoms with Gasteiger partial charge in [0.25, 0.3) is 5.91 Å². The molecule has 0 radical (unpaired) electrons. The van der Waals surface area contributed by atoms with Crippen molar-refractivity contribution in [3.63, 3.8) is 0 Å². The first-order valence-electron chi connectivity index (χ1n) is 11.0. The highest BCUT2D eigenvalue weighted by Crippen LogP contribution is 2.32. The number of rotatable bonds is 5. The monoisotopic (exact) mass is 410 g/mol. The van der Waals surface area contributed by atoms with Gasteiger partial charge >= 0.3 is 0 Å². The van der Waals surface area contributed by atoms with Gasteiger partial charge in [0.2, 0.25) is 0 Å². The topological polar surface area (TPSA) is 69.8 Å². The Kier molecular flexibility index (Phi) is 5.39. The minimum Gasteiger partial charge on any atom is -0.441 e. The van der Waals surface area contributed by atoms with Crippen LogP contribution in [0.15, 0.2) is 36.4 Å². The van der Waals surface area contributed by atoms with E-state index in [-0.39, 0.29) is 11.9 Å². The standard InChI is InChI=1S/C23H30N4O3/c1-16-22(17-8-10-26(16)11-9-17)25-23(28)18-2-4-19(5-3-18)30-21-7-6-20(24-21)27-12-14-29-15-13-27/h2-7,16-17,22,24H,8-15H2,1H3,(H,25,28)/t16-,22-/m0/s1. The zero-order valence-corrected chi connectivity index (χ0v) is 17.5. The third-order valence-corrected chi connectivity index (χ3v) is 6.82. The first-order chi connectivity index (χ1) is 14.7. The van der Waals surface area contributed by atoms with Gasteiger partial charge in [-0.15, -0.1) is 0 Å². The van der Waals surface area contributed by atoms with Gasteiger partial charge in [-0.05, 0) is 69.1 Å². The number of ether oxygens (including phenoxy) is 2. The fourth-order valence-electron chi connectivity index (χ4n) is 4.99. The number of amides is 1. The van der Waals surface area contributed by atoms with Crippen LogP contribution in [0.5, 0.6) is 11.6 Å². The van der Waals surface area contributed by atoms with Crippen molar-refractivity contribution < 1.29 is 14.3 Å². The molecule has 4 aliphatic heterocycles. The van der Waals surface area contributed by atoms with E-state index in [1.807, 2.05) is 36.4 Å². The molecule has 7 nitrogen and oxygen atoms in total. The van der Waals surface area contributed by atoms with E-state index in [9.17, 15) is 4.79 Å². The molecule has 1 aromatic carbocycles. The number of morpholine rings is 1. The van der Waals surface area contributed by atoms with E-state index in [1.54, 1.807) is 0 Å². The molecule has 2 N–H and O–H groups in total. The van der Waals surface area contributed by atoms with Crippen molar-refractivity contribution in [3.8, 4) is 11.6 Å². The summed E-state index contributed by atoms with van der Waals surface area (Å²) in [5.41, 5.74) is 0.673. The molecule has 1 aromatic heterocycles. The van der Waals surface area contributed by atoms with Crippen molar-refractivity contribution in [1.29, 1.82) is 0 Å². The van der Waals surface area contributed by atoms with Crippen molar-refractivity contribution in [1.82, 2.24) is 15.2 Å². The molecule has 30 heavy (non-hydrogen) atoms. The number of piperidine rings is 3. The number of fused-ring (bicyclic) bond motifs is 3. The number of carbonyl (C=O) groups is 1. The third kappa shape index (κ3) is 3.91. The normalized spacial score (nSPS) is 28.4. The van der Waals surface area contributed by atoms with E-state index in [4.69, 9.17) is 9.47 Å². The molecule has 0 unspecified atom stereocenters. The SMILES string of the molecule is C[C@H]1[C@H](NC(=O)c2ccc(Oc3ccc(N4CCOCC4)[nH]3)cc2)C2CCN1CC2. The lowest BCUT2D eigenvalue weighted by Crippen LogP contribution is -2.62. The Morgan fingerprint density at radius 1 is 1.07 bits per heavy atom. The van der Waals surface area contributed by atoms with Gasteiger partial charge in [0.1, 0.15) is 11.6 Å². The second-order valence-electron chi connectivity index (χ2n) is 8.55. The van der Waals surface area contributed by atoms with Gasteiger partial charge in [0.05, 0.1) is 13.2 Å². The highest BCUT2D eigenvalue weighted by atomic mass is 16.5. The largest absolute Gasteiger partial charge is 0.441 e.